The van der Waals surface area contributed by atoms with Crippen LogP contribution in [0.4, 0.5) is 5.69 Å². The van der Waals surface area contributed by atoms with Gasteiger partial charge < -0.3 is 9.47 Å². The minimum atomic E-state index is -3.35. The van der Waals surface area contributed by atoms with Gasteiger partial charge in [0.1, 0.15) is 5.75 Å². The quantitative estimate of drug-likeness (QED) is 0.500. The fourth-order valence-electron chi connectivity index (χ4n) is 2.93. The number of esters is 1. The van der Waals surface area contributed by atoms with E-state index in [1.807, 2.05) is 6.07 Å². The molecule has 0 aliphatic carbocycles. The number of carbonyl (C=O) groups is 2. The number of fused-ring (bicyclic) bond motifs is 1. The standard InChI is InChI=1S/C20H18N2O6S/c1-29(25,26)22-9-8-15-10-16(4-7-18(15)22)19(23)12-28-20(24)13-27-17-5-2-14(11-21)3-6-17/h2-7,10H,8-9,12-13H2,1H3. The molecule has 0 radical (unpaired) electrons. The van der Waals surface area contributed by atoms with Gasteiger partial charge in [-0.1, -0.05) is 0 Å². The minimum Gasteiger partial charge on any atom is -0.482 e. The zero-order chi connectivity index (χ0) is 21.0. The van der Waals surface area contributed by atoms with E-state index in [0.717, 1.165) is 11.8 Å². The van der Waals surface area contributed by atoms with Crippen LogP contribution in [-0.4, -0.2) is 46.2 Å². The maximum Gasteiger partial charge on any atom is 0.344 e. The van der Waals surface area contributed by atoms with Gasteiger partial charge in [0.15, 0.2) is 19.0 Å². The van der Waals surface area contributed by atoms with Crippen molar-refractivity contribution < 1.29 is 27.5 Å². The number of Topliss-reactive ketones (excluding diaryl/α,β-unsaturated/α-hetero) is 1. The first kappa shape index (κ1) is 20.4. The van der Waals surface area contributed by atoms with Crippen molar-refractivity contribution in [3.8, 4) is 11.8 Å². The highest BCUT2D eigenvalue weighted by Gasteiger charge is 2.26. The Morgan fingerprint density at radius 3 is 2.52 bits per heavy atom. The van der Waals surface area contributed by atoms with Crippen LogP contribution < -0.4 is 9.04 Å². The number of ether oxygens (including phenoxy) is 2. The third-order valence-electron chi connectivity index (χ3n) is 4.36. The lowest BCUT2D eigenvalue weighted by Gasteiger charge is -2.16. The molecule has 0 saturated carbocycles. The SMILES string of the molecule is CS(=O)(=O)N1CCc2cc(C(=O)COC(=O)COc3ccc(C#N)cc3)ccc21. The van der Waals surface area contributed by atoms with Gasteiger partial charge in [-0.25, -0.2) is 13.2 Å². The Hall–Kier alpha value is -3.38. The van der Waals surface area contributed by atoms with Gasteiger partial charge in [-0.2, -0.15) is 5.26 Å². The Balaban J connectivity index is 1.53. The van der Waals surface area contributed by atoms with E-state index in [4.69, 9.17) is 14.7 Å². The lowest BCUT2D eigenvalue weighted by molar-refractivity contribution is -0.144. The maximum absolute atomic E-state index is 12.3. The average molecular weight is 414 g/mol. The molecule has 9 heteroatoms. The predicted octanol–water partition coefficient (Wildman–Crippen LogP) is 1.69. The molecular weight excluding hydrogens is 396 g/mol. The van der Waals surface area contributed by atoms with Gasteiger partial charge in [0.2, 0.25) is 10.0 Å². The number of nitriles is 1. The van der Waals surface area contributed by atoms with E-state index in [9.17, 15) is 18.0 Å². The Labute approximate surface area is 168 Å². The number of hydrogen-bond acceptors (Lipinski definition) is 7. The van der Waals surface area contributed by atoms with Gasteiger partial charge in [-0.15, -0.1) is 0 Å². The topological polar surface area (TPSA) is 114 Å². The third kappa shape index (κ3) is 4.92. The zero-order valence-electron chi connectivity index (χ0n) is 15.6. The smallest absolute Gasteiger partial charge is 0.344 e. The van der Waals surface area contributed by atoms with E-state index < -0.39 is 28.4 Å². The summed E-state index contributed by atoms with van der Waals surface area (Å²) in [6, 6.07) is 12.9. The molecule has 3 rings (SSSR count). The van der Waals surface area contributed by atoms with Gasteiger partial charge >= 0.3 is 5.97 Å². The molecule has 0 saturated heterocycles. The first-order chi connectivity index (χ1) is 13.8. The highest BCUT2D eigenvalue weighted by atomic mass is 32.2. The largest absolute Gasteiger partial charge is 0.482 e. The molecule has 1 aliphatic heterocycles. The number of nitrogens with zero attached hydrogens (tertiary/aromatic N) is 2. The monoisotopic (exact) mass is 414 g/mol. The molecule has 8 nitrogen and oxygen atoms in total. The lowest BCUT2D eigenvalue weighted by Crippen LogP contribution is -2.27. The fraction of sp³-hybridized carbons (Fsp3) is 0.250. The molecule has 0 aromatic heterocycles. The molecule has 0 N–H and O–H groups in total. The summed E-state index contributed by atoms with van der Waals surface area (Å²) in [6.07, 6.45) is 1.66. The van der Waals surface area contributed by atoms with Crippen LogP contribution in [0.2, 0.25) is 0 Å². The summed E-state index contributed by atoms with van der Waals surface area (Å²) in [5, 5.41) is 8.74. The van der Waals surface area contributed by atoms with Crippen LogP contribution in [0, 0.1) is 11.3 Å². The van der Waals surface area contributed by atoms with Gasteiger partial charge in [0.25, 0.3) is 0 Å². The summed E-state index contributed by atoms with van der Waals surface area (Å²) in [5.41, 5.74) is 2.15. The Kier molecular flexibility index (Phi) is 5.84. The summed E-state index contributed by atoms with van der Waals surface area (Å²) >= 11 is 0. The van der Waals surface area contributed by atoms with Gasteiger partial charge in [-0.05, 0) is 54.4 Å². The van der Waals surface area contributed by atoms with Crippen LogP contribution in [0.15, 0.2) is 42.5 Å². The average Bonchev–Trinajstić information content (AvgIpc) is 3.14. The van der Waals surface area contributed by atoms with Crippen molar-refractivity contribution in [3.05, 3.63) is 59.2 Å². The summed E-state index contributed by atoms with van der Waals surface area (Å²) < 4.78 is 35.0. The van der Waals surface area contributed by atoms with Crippen molar-refractivity contribution in [3.63, 3.8) is 0 Å². The summed E-state index contributed by atoms with van der Waals surface area (Å²) in [6.45, 7) is -0.468. The molecule has 1 heterocycles. The van der Waals surface area contributed by atoms with E-state index >= 15 is 0 Å². The van der Waals surface area contributed by atoms with E-state index in [1.165, 1.54) is 10.4 Å². The Morgan fingerprint density at radius 2 is 1.86 bits per heavy atom. The van der Waals surface area contributed by atoms with Crippen molar-refractivity contribution in [1.29, 1.82) is 5.26 Å². The first-order valence-electron chi connectivity index (χ1n) is 8.70. The molecule has 2 aromatic carbocycles. The number of carbonyl (C=O) groups excluding carboxylic acids is 2. The predicted molar refractivity (Wildman–Crippen MR) is 104 cm³/mol. The van der Waals surface area contributed by atoms with Crippen LogP contribution in [0.25, 0.3) is 0 Å². The molecule has 150 valence electrons. The van der Waals surface area contributed by atoms with Crippen molar-refractivity contribution in [2.75, 3.05) is 30.3 Å². The molecule has 0 spiro atoms. The summed E-state index contributed by atoms with van der Waals surface area (Å²) in [5.74, 6) is -0.689. The van der Waals surface area contributed by atoms with Crippen molar-refractivity contribution in [2.45, 2.75) is 6.42 Å². The summed E-state index contributed by atoms with van der Waals surface area (Å²) in [7, 11) is -3.35. The number of sulfonamides is 1. The molecule has 0 atom stereocenters. The number of hydrogen-bond donors (Lipinski definition) is 0. The van der Waals surface area contributed by atoms with Crippen molar-refractivity contribution >= 4 is 27.5 Å². The second-order valence-electron chi connectivity index (χ2n) is 6.44. The van der Waals surface area contributed by atoms with Crippen molar-refractivity contribution in [2.24, 2.45) is 0 Å². The number of rotatable bonds is 7. The number of benzene rings is 2. The maximum atomic E-state index is 12.3. The third-order valence-corrected chi connectivity index (χ3v) is 5.54. The minimum absolute atomic E-state index is 0.341. The number of ketones is 1. The number of anilines is 1. The van der Waals surface area contributed by atoms with E-state index in [2.05, 4.69) is 0 Å². The lowest BCUT2D eigenvalue weighted by atomic mass is 10.1. The highest BCUT2D eigenvalue weighted by molar-refractivity contribution is 7.92. The van der Waals surface area contributed by atoms with Gasteiger partial charge in [0, 0.05) is 12.1 Å². The van der Waals surface area contributed by atoms with Gasteiger partial charge in [0.05, 0.1) is 23.6 Å². The molecule has 0 unspecified atom stereocenters. The van der Waals surface area contributed by atoms with Crippen LogP contribution in [0.1, 0.15) is 21.5 Å². The molecule has 29 heavy (non-hydrogen) atoms. The highest BCUT2D eigenvalue weighted by Crippen LogP contribution is 2.30. The van der Waals surface area contributed by atoms with Gasteiger partial charge in [-0.3, -0.25) is 9.10 Å². The normalized spacial score (nSPS) is 12.8. The second-order valence-corrected chi connectivity index (χ2v) is 8.34. The first-order valence-corrected chi connectivity index (χ1v) is 10.5. The molecule has 0 fully saturated rings. The zero-order valence-corrected chi connectivity index (χ0v) is 16.4. The van der Waals surface area contributed by atoms with E-state index in [-0.39, 0.29) is 6.61 Å². The Bertz CT molecular complexity index is 1090. The molecule has 2 aromatic rings. The summed E-state index contributed by atoms with van der Waals surface area (Å²) in [4.78, 5) is 24.1. The van der Waals surface area contributed by atoms with E-state index in [1.54, 1.807) is 36.4 Å². The van der Waals surface area contributed by atoms with E-state index in [0.29, 0.717) is 35.5 Å². The molecular formula is C20H18N2O6S. The molecule has 0 bridgehead atoms. The van der Waals surface area contributed by atoms with Crippen LogP contribution >= 0.6 is 0 Å². The van der Waals surface area contributed by atoms with Crippen LogP contribution in [0.3, 0.4) is 0 Å². The van der Waals surface area contributed by atoms with Crippen molar-refractivity contribution in [1.82, 2.24) is 0 Å². The fourth-order valence-corrected chi connectivity index (χ4v) is 3.89. The molecule has 1 aliphatic rings. The Morgan fingerprint density at radius 1 is 1.14 bits per heavy atom. The van der Waals surface area contributed by atoms with Crippen LogP contribution in [0.5, 0.6) is 5.75 Å². The second kappa shape index (κ2) is 8.32. The molecule has 0 amide bonds. The van der Waals surface area contributed by atoms with Crippen LogP contribution in [-0.2, 0) is 26.0 Å².